The number of hydrazone groups is 1. The van der Waals surface area contributed by atoms with E-state index in [0.717, 1.165) is 38.2 Å². The van der Waals surface area contributed by atoms with Crippen LogP contribution in [0.4, 0.5) is 18.9 Å². The van der Waals surface area contributed by atoms with Crippen molar-refractivity contribution in [3.8, 4) is 23.0 Å². The van der Waals surface area contributed by atoms with Gasteiger partial charge in [0.1, 0.15) is 5.75 Å². The molecule has 1 saturated heterocycles. The average molecular weight is 624 g/mol. The van der Waals surface area contributed by atoms with Gasteiger partial charge in [0.2, 0.25) is 0 Å². The maximum Gasteiger partial charge on any atom is 0.191 e. The fraction of sp³-hybridized carbons (Fsp3) is 0.281. The molecule has 230 valence electrons. The van der Waals surface area contributed by atoms with Crippen LogP contribution in [0.5, 0.6) is 23.0 Å². The van der Waals surface area contributed by atoms with Crippen LogP contribution in [0.1, 0.15) is 31.2 Å². The summed E-state index contributed by atoms with van der Waals surface area (Å²) in [5.74, 6) is -1.06. The molecule has 2 N–H and O–H groups in total. The minimum absolute atomic E-state index is 0.00436. The summed E-state index contributed by atoms with van der Waals surface area (Å²) in [4.78, 5) is 6.92. The maximum absolute atomic E-state index is 15.1. The van der Waals surface area contributed by atoms with Gasteiger partial charge in [0.15, 0.2) is 39.8 Å². The van der Waals surface area contributed by atoms with E-state index in [9.17, 15) is 8.78 Å². The minimum Gasteiger partial charge on any atom is -0.493 e. The predicted molar refractivity (Wildman–Crippen MR) is 168 cm³/mol. The predicted octanol–water partition coefficient (Wildman–Crippen LogP) is 7.03. The number of hydrogen-bond acceptors (Lipinski definition) is 7. The summed E-state index contributed by atoms with van der Waals surface area (Å²) in [6.45, 7) is 3.85. The molecule has 0 aliphatic carbocycles. The number of nitrogens with one attached hydrogen (secondary N) is 2. The van der Waals surface area contributed by atoms with Crippen LogP contribution < -0.4 is 25.0 Å². The molecule has 1 aliphatic rings. The first-order valence-electron chi connectivity index (χ1n) is 14.2. The van der Waals surface area contributed by atoms with Gasteiger partial charge in [0.05, 0.1) is 25.4 Å². The average Bonchev–Trinajstić information content (AvgIpc) is 3.02. The van der Waals surface area contributed by atoms with Gasteiger partial charge < -0.3 is 24.4 Å². The molecule has 8 nitrogen and oxygen atoms in total. The number of fused-ring (bicyclic) bond motifs is 1. The van der Waals surface area contributed by atoms with Crippen molar-refractivity contribution in [3.63, 3.8) is 0 Å². The topological polar surface area (TPSA) is 80.2 Å². The van der Waals surface area contributed by atoms with Crippen molar-refractivity contribution < 1.29 is 27.4 Å². The molecule has 0 radical (unpaired) electrons. The smallest absolute Gasteiger partial charge is 0.191 e. The van der Waals surface area contributed by atoms with Gasteiger partial charge in [0.25, 0.3) is 0 Å². The van der Waals surface area contributed by atoms with E-state index in [1.54, 1.807) is 37.6 Å². The summed E-state index contributed by atoms with van der Waals surface area (Å²) in [6, 6.07) is 12.9. The zero-order valence-corrected chi connectivity index (χ0v) is 24.9. The van der Waals surface area contributed by atoms with E-state index >= 15 is 4.39 Å². The van der Waals surface area contributed by atoms with Gasteiger partial charge in [-0.25, -0.2) is 13.2 Å². The van der Waals surface area contributed by atoms with E-state index in [0.29, 0.717) is 46.0 Å². The third-order valence-corrected chi connectivity index (χ3v) is 7.24. The largest absolute Gasteiger partial charge is 0.493 e. The second kappa shape index (κ2) is 14.8. The lowest BCUT2D eigenvalue weighted by atomic mass is 10.1. The van der Waals surface area contributed by atoms with Crippen LogP contribution in [-0.2, 0) is 0 Å². The van der Waals surface area contributed by atoms with Crippen LogP contribution >= 0.6 is 12.2 Å². The molecule has 1 aliphatic heterocycles. The molecule has 2 heterocycles. The number of hydrogen-bond donors (Lipinski definition) is 2. The minimum atomic E-state index is -0.987. The Morgan fingerprint density at radius 1 is 0.932 bits per heavy atom. The number of piperidine rings is 1. The Morgan fingerprint density at radius 2 is 1.77 bits per heavy atom. The highest BCUT2D eigenvalue weighted by Crippen LogP contribution is 2.38. The number of rotatable bonds is 11. The molecule has 1 fully saturated rings. The first kappa shape index (κ1) is 31.0. The van der Waals surface area contributed by atoms with Crippen molar-refractivity contribution in [2.24, 2.45) is 5.10 Å². The number of ether oxygens (including phenoxy) is 3. The number of pyridine rings is 1. The van der Waals surface area contributed by atoms with Crippen molar-refractivity contribution >= 4 is 40.1 Å². The Balaban J connectivity index is 1.20. The quantitative estimate of drug-likeness (QED) is 0.0798. The van der Waals surface area contributed by atoms with Gasteiger partial charge in [0, 0.05) is 35.9 Å². The molecular weight excluding hydrogens is 591 g/mol. The second-order valence-electron chi connectivity index (χ2n) is 10.2. The zero-order chi connectivity index (χ0) is 30.9. The lowest BCUT2D eigenvalue weighted by Gasteiger charge is -2.26. The lowest BCUT2D eigenvalue weighted by Crippen LogP contribution is -2.31. The highest BCUT2D eigenvalue weighted by atomic mass is 32.1. The Hall–Kier alpha value is -4.42. The highest BCUT2D eigenvalue weighted by molar-refractivity contribution is 7.80. The van der Waals surface area contributed by atoms with E-state index in [4.69, 9.17) is 26.4 Å². The van der Waals surface area contributed by atoms with E-state index < -0.39 is 17.5 Å². The van der Waals surface area contributed by atoms with Crippen LogP contribution in [0.25, 0.3) is 10.9 Å². The van der Waals surface area contributed by atoms with Gasteiger partial charge in [-0.15, -0.1) is 0 Å². The van der Waals surface area contributed by atoms with Crippen LogP contribution in [0.2, 0.25) is 0 Å². The molecule has 0 atom stereocenters. The van der Waals surface area contributed by atoms with Gasteiger partial charge in [-0.1, -0.05) is 12.5 Å². The van der Waals surface area contributed by atoms with Crippen LogP contribution in [-0.4, -0.2) is 54.6 Å². The molecule has 12 heteroatoms. The summed E-state index contributed by atoms with van der Waals surface area (Å²) in [5, 5.41) is 7.38. The second-order valence-corrected chi connectivity index (χ2v) is 10.6. The zero-order valence-electron chi connectivity index (χ0n) is 24.1. The Morgan fingerprint density at radius 3 is 2.55 bits per heavy atom. The summed E-state index contributed by atoms with van der Waals surface area (Å²) >= 11 is 5.17. The molecular formula is C32H32F3N5O3S. The summed E-state index contributed by atoms with van der Waals surface area (Å²) in [5.41, 5.74) is 3.84. The summed E-state index contributed by atoms with van der Waals surface area (Å²) < 4.78 is 59.0. The van der Waals surface area contributed by atoms with E-state index in [1.165, 1.54) is 43.7 Å². The van der Waals surface area contributed by atoms with Gasteiger partial charge in [-0.3, -0.25) is 10.4 Å². The first-order valence-corrected chi connectivity index (χ1v) is 14.6. The van der Waals surface area contributed by atoms with Gasteiger partial charge >= 0.3 is 0 Å². The molecule has 0 amide bonds. The van der Waals surface area contributed by atoms with E-state index in [-0.39, 0.29) is 10.9 Å². The fourth-order valence-electron chi connectivity index (χ4n) is 4.84. The number of anilines is 1. The van der Waals surface area contributed by atoms with Gasteiger partial charge in [-0.2, -0.15) is 5.10 Å². The molecule has 1 aromatic heterocycles. The molecule has 3 aromatic carbocycles. The molecule has 5 rings (SSSR count). The number of nitrogens with zero attached hydrogens (tertiary/aromatic N) is 3. The highest BCUT2D eigenvalue weighted by Gasteiger charge is 2.15. The Bertz CT molecular complexity index is 1650. The number of thiocarbonyl (C=S) groups is 1. The molecule has 0 bridgehead atoms. The Labute approximate surface area is 258 Å². The summed E-state index contributed by atoms with van der Waals surface area (Å²) in [6.07, 6.45) is 7.59. The van der Waals surface area contributed by atoms with Crippen LogP contribution in [0.3, 0.4) is 0 Å². The molecule has 0 saturated carbocycles. The van der Waals surface area contributed by atoms with Crippen LogP contribution in [0.15, 0.2) is 65.9 Å². The molecule has 44 heavy (non-hydrogen) atoms. The number of aromatic nitrogens is 1. The normalized spacial score (nSPS) is 13.6. The van der Waals surface area contributed by atoms with Gasteiger partial charge in [-0.05, 0) is 86.5 Å². The van der Waals surface area contributed by atoms with E-state index in [2.05, 4.69) is 25.7 Å². The Kier molecular flexibility index (Phi) is 10.5. The van der Waals surface area contributed by atoms with Crippen molar-refractivity contribution in [1.29, 1.82) is 0 Å². The molecule has 0 spiro atoms. The van der Waals surface area contributed by atoms with Crippen molar-refractivity contribution in [2.75, 3.05) is 38.7 Å². The van der Waals surface area contributed by atoms with Crippen molar-refractivity contribution in [2.45, 2.75) is 25.7 Å². The monoisotopic (exact) mass is 623 g/mol. The fourth-order valence-corrected chi connectivity index (χ4v) is 5.01. The van der Waals surface area contributed by atoms with Crippen LogP contribution in [0, 0.1) is 17.5 Å². The maximum atomic E-state index is 15.1. The molecule has 4 aromatic rings. The van der Waals surface area contributed by atoms with Crippen molar-refractivity contribution in [3.05, 3.63) is 83.8 Å². The first-order chi connectivity index (χ1) is 21.4. The van der Waals surface area contributed by atoms with E-state index in [1.807, 2.05) is 0 Å². The summed E-state index contributed by atoms with van der Waals surface area (Å²) in [7, 11) is 1.57. The number of likely N-dealkylation sites (tertiary alicyclic amines) is 1. The third kappa shape index (κ3) is 8.14. The number of methoxy groups -OCH3 is 1. The lowest BCUT2D eigenvalue weighted by molar-refractivity contribution is 0.203. The molecule has 0 unspecified atom stereocenters. The standard InChI is InChI=1S/C32H32F3N5O3S/c1-41-30-18-23-27(19-31(30)42-15-5-14-40-12-3-2-4-13-40)36-11-10-28(23)43-29-9-7-22(17-26(29)35)38-32(44)39-37-20-21-6-8-24(33)25(34)16-21/h6-11,16-20H,2-5,12-15H2,1H3,(H2,38,39,44)/b37-20+. The number of halogens is 3. The third-order valence-electron chi connectivity index (χ3n) is 7.04. The SMILES string of the molecule is COc1cc2c(Oc3ccc(NC(=S)N/N=C/c4ccc(F)c(F)c4)cc3F)ccnc2cc1OCCCN1CCCCC1. The number of benzene rings is 3. The van der Waals surface area contributed by atoms with Crippen molar-refractivity contribution in [1.82, 2.24) is 15.3 Å².